The zero-order valence-electron chi connectivity index (χ0n) is 8.37. The van der Waals surface area contributed by atoms with Gasteiger partial charge in [0.1, 0.15) is 0 Å². The quantitative estimate of drug-likeness (QED) is 0.756. The maximum absolute atomic E-state index is 8.77. The van der Waals surface area contributed by atoms with Gasteiger partial charge in [0.05, 0.1) is 19.8 Å². The Kier molecular flexibility index (Phi) is 3.31. The number of hydrogen-bond donors (Lipinski definition) is 1. The van der Waals surface area contributed by atoms with Crippen LogP contribution in [0.2, 0.25) is 0 Å². The maximum Gasteiger partial charge on any atom is 0.235 e. The number of aromatic nitrogens is 2. The lowest BCUT2D eigenvalue weighted by Crippen LogP contribution is -2.06. The van der Waals surface area contributed by atoms with Crippen molar-refractivity contribution in [1.82, 2.24) is 9.78 Å². The van der Waals surface area contributed by atoms with Gasteiger partial charge in [-0.3, -0.25) is 4.68 Å². The standard InChI is InChI=1S/C9H16N2O2/c1-4-13-9-7(2)8(3)11(10-9)5-6-12/h12H,4-6H2,1-3H3. The van der Waals surface area contributed by atoms with Crippen molar-refractivity contribution in [3.05, 3.63) is 11.3 Å². The van der Waals surface area contributed by atoms with E-state index < -0.39 is 0 Å². The number of ether oxygens (including phenoxy) is 1. The van der Waals surface area contributed by atoms with Crippen LogP contribution in [-0.2, 0) is 6.54 Å². The Hall–Kier alpha value is -1.03. The zero-order chi connectivity index (χ0) is 9.84. The van der Waals surface area contributed by atoms with Crippen LogP contribution in [-0.4, -0.2) is 28.1 Å². The fraction of sp³-hybridized carbons (Fsp3) is 0.667. The predicted octanol–water partition coefficient (Wildman–Crippen LogP) is 0.891. The van der Waals surface area contributed by atoms with E-state index in [0.717, 1.165) is 11.3 Å². The van der Waals surface area contributed by atoms with E-state index in [0.29, 0.717) is 19.0 Å². The van der Waals surface area contributed by atoms with E-state index in [2.05, 4.69) is 5.10 Å². The van der Waals surface area contributed by atoms with Crippen LogP contribution in [0.1, 0.15) is 18.2 Å². The van der Waals surface area contributed by atoms with Gasteiger partial charge in [-0.25, -0.2) is 0 Å². The van der Waals surface area contributed by atoms with E-state index in [1.54, 1.807) is 4.68 Å². The zero-order valence-corrected chi connectivity index (χ0v) is 8.37. The number of aliphatic hydroxyl groups excluding tert-OH is 1. The molecule has 0 fully saturated rings. The van der Waals surface area contributed by atoms with E-state index in [4.69, 9.17) is 9.84 Å². The molecular formula is C9H16N2O2. The average molecular weight is 184 g/mol. The molecule has 13 heavy (non-hydrogen) atoms. The van der Waals surface area contributed by atoms with Gasteiger partial charge >= 0.3 is 0 Å². The third-order valence-electron chi connectivity index (χ3n) is 2.06. The van der Waals surface area contributed by atoms with Gasteiger partial charge in [-0.05, 0) is 20.8 Å². The Morgan fingerprint density at radius 2 is 2.15 bits per heavy atom. The summed E-state index contributed by atoms with van der Waals surface area (Å²) in [6.07, 6.45) is 0. The second-order valence-corrected chi connectivity index (χ2v) is 2.90. The molecule has 0 saturated heterocycles. The molecule has 1 aromatic rings. The van der Waals surface area contributed by atoms with Crippen molar-refractivity contribution in [2.45, 2.75) is 27.3 Å². The molecule has 4 nitrogen and oxygen atoms in total. The third kappa shape index (κ3) is 2.01. The Bertz CT molecular complexity index is 255. The minimum absolute atomic E-state index is 0.105. The van der Waals surface area contributed by atoms with Crippen LogP contribution < -0.4 is 4.74 Å². The Balaban J connectivity index is 2.90. The molecule has 1 heterocycles. The normalized spacial score (nSPS) is 10.5. The number of rotatable bonds is 4. The van der Waals surface area contributed by atoms with Gasteiger partial charge < -0.3 is 9.84 Å². The summed E-state index contributed by atoms with van der Waals surface area (Å²) in [5.41, 5.74) is 2.10. The summed E-state index contributed by atoms with van der Waals surface area (Å²) in [6.45, 7) is 7.13. The topological polar surface area (TPSA) is 47.3 Å². The molecule has 0 unspecified atom stereocenters. The summed E-state index contributed by atoms with van der Waals surface area (Å²) in [7, 11) is 0. The fourth-order valence-electron chi connectivity index (χ4n) is 1.19. The predicted molar refractivity (Wildman–Crippen MR) is 50.0 cm³/mol. The van der Waals surface area contributed by atoms with Crippen molar-refractivity contribution in [2.75, 3.05) is 13.2 Å². The van der Waals surface area contributed by atoms with Crippen LogP contribution in [0.3, 0.4) is 0 Å². The SMILES string of the molecule is CCOc1nn(CCO)c(C)c1C. The van der Waals surface area contributed by atoms with Gasteiger partial charge in [0.15, 0.2) is 0 Å². The van der Waals surface area contributed by atoms with Gasteiger partial charge in [-0.1, -0.05) is 0 Å². The van der Waals surface area contributed by atoms with Crippen LogP contribution in [0.5, 0.6) is 5.88 Å². The average Bonchev–Trinajstić information content (AvgIpc) is 2.36. The first kappa shape index (κ1) is 10.1. The molecule has 0 aromatic carbocycles. The molecule has 0 aliphatic heterocycles. The fourth-order valence-corrected chi connectivity index (χ4v) is 1.19. The first-order valence-corrected chi connectivity index (χ1v) is 4.48. The summed E-state index contributed by atoms with van der Waals surface area (Å²) in [5, 5.41) is 13.0. The van der Waals surface area contributed by atoms with E-state index >= 15 is 0 Å². The van der Waals surface area contributed by atoms with Crippen molar-refractivity contribution in [3.63, 3.8) is 0 Å². The second-order valence-electron chi connectivity index (χ2n) is 2.90. The van der Waals surface area contributed by atoms with E-state index in [1.165, 1.54) is 0 Å². The van der Waals surface area contributed by atoms with Crippen molar-refractivity contribution in [1.29, 1.82) is 0 Å². The van der Waals surface area contributed by atoms with Gasteiger partial charge in [-0.15, -0.1) is 5.10 Å². The van der Waals surface area contributed by atoms with E-state index in [-0.39, 0.29) is 6.61 Å². The van der Waals surface area contributed by atoms with E-state index in [1.807, 2.05) is 20.8 Å². The summed E-state index contributed by atoms with van der Waals surface area (Å²) in [5.74, 6) is 0.674. The van der Waals surface area contributed by atoms with Crippen LogP contribution >= 0.6 is 0 Å². The molecule has 0 spiro atoms. The summed E-state index contributed by atoms with van der Waals surface area (Å²) >= 11 is 0. The first-order valence-electron chi connectivity index (χ1n) is 4.48. The second kappa shape index (κ2) is 4.28. The highest BCUT2D eigenvalue weighted by Gasteiger charge is 2.10. The van der Waals surface area contributed by atoms with Crippen LogP contribution in [0.4, 0.5) is 0 Å². The van der Waals surface area contributed by atoms with Crippen molar-refractivity contribution in [3.8, 4) is 5.88 Å². The molecule has 0 saturated carbocycles. The lowest BCUT2D eigenvalue weighted by atomic mass is 10.3. The smallest absolute Gasteiger partial charge is 0.235 e. The van der Waals surface area contributed by atoms with Gasteiger partial charge in [0.25, 0.3) is 0 Å². The molecule has 74 valence electrons. The number of nitrogens with zero attached hydrogens (tertiary/aromatic N) is 2. The minimum atomic E-state index is 0.105. The molecule has 0 amide bonds. The largest absolute Gasteiger partial charge is 0.477 e. The highest BCUT2D eigenvalue weighted by molar-refractivity contribution is 5.28. The van der Waals surface area contributed by atoms with Crippen molar-refractivity contribution >= 4 is 0 Å². The number of aliphatic hydroxyl groups is 1. The van der Waals surface area contributed by atoms with Crippen LogP contribution in [0.25, 0.3) is 0 Å². The molecule has 4 heteroatoms. The molecule has 0 radical (unpaired) electrons. The van der Waals surface area contributed by atoms with Gasteiger partial charge in [-0.2, -0.15) is 0 Å². The van der Waals surface area contributed by atoms with Crippen molar-refractivity contribution < 1.29 is 9.84 Å². The highest BCUT2D eigenvalue weighted by atomic mass is 16.5. The Labute approximate surface area is 78.1 Å². The minimum Gasteiger partial charge on any atom is -0.477 e. The summed E-state index contributed by atoms with van der Waals surface area (Å²) < 4.78 is 7.10. The maximum atomic E-state index is 8.77. The third-order valence-corrected chi connectivity index (χ3v) is 2.06. The molecule has 0 aliphatic rings. The van der Waals surface area contributed by atoms with Gasteiger partial charge in [0, 0.05) is 11.3 Å². The Morgan fingerprint density at radius 1 is 1.46 bits per heavy atom. The summed E-state index contributed by atoms with van der Waals surface area (Å²) in [6, 6.07) is 0. The molecular weight excluding hydrogens is 168 g/mol. The molecule has 1 rings (SSSR count). The molecule has 0 atom stereocenters. The lowest BCUT2D eigenvalue weighted by molar-refractivity contribution is 0.263. The summed E-state index contributed by atoms with van der Waals surface area (Å²) in [4.78, 5) is 0. The monoisotopic (exact) mass is 184 g/mol. The molecule has 0 bridgehead atoms. The molecule has 1 aromatic heterocycles. The van der Waals surface area contributed by atoms with Gasteiger partial charge in [0.2, 0.25) is 5.88 Å². The molecule has 0 aliphatic carbocycles. The van der Waals surface area contributed by atoms with Crippen LogP contribution in [0, 0.1) is 13.8 Å². The molecule has 1 N–H and O–H groups in total. The van der Waals surface area contributed by atoms with Crippen LogP contribution in [0.15, 0.2) is 0 Å². The lowest BCUT2D eigenvalue weighted by Gasteiger charge is -1.99. The first-order chi connectivity index (χ1) is 6.20. The highest BCUT2D eigenvalue weighted by Crippen LogP contribution is 2.19. The Morgan fingerprint density at radius 3 is 2.69 bits per heavy atom. The van der Waals surface area contributed by atoms with Crippen molar-refractivity contribution in [2.24, 2.45) is 0 Å². The number of hydrogen-bond acceptors (Lipinski definition) is 3. The van der Waals surface area contributed by atoms with E-state index in [9.17, 15) is 0 Å².